The van der Waals surface area contributed by atoms with E-state index < -0.39 is 10.0 Å². The number of hydrogen-bond donors (Lipinski definition) is 2. The van der Waals surface area contributed by atoms with Gasteiger partial charge in [0.25, 0.3) is 0 Å². The van der Waals surface area contributed by atoms with E-state index in [9.17, 15) is 8.42 Å². The molecule has 1 aliphatic heterocycles. The molecule has 18 heavy (non-hydrogen) atoms. The summed E-state index contributed by atoms with van der Waals surface area (Å²) in [4.78, 5) is 0. The maximum absolute atomic E-state index is 12.0. The van der Waals surface area contributed by atoms with Gasteiger partial charge < -0.3 is 10.5 Å². The van der Waals surface area contributed by atoms with Crippen LogP contribution in [0.2, 0.25) is 0 Å². The lowest BCUT2D eigenvalue weighted by Gasteiger charge is -2.13. The zero-order valence-electron chi connectivity index (χ0n) is 9.73. The lowest BCUT2D eigenvalue weighted by molar-refractivity contribution is 0.127. The fraction of sp³-hybridized carbons (Fsp3) is 0.455. The molecule has 100 valence electrons. The summed E-state index contributed by atoms with van der Waals surface area (Å²) in [6, 6.07) is 4.98. The molecular formula is C11H15BrN2O3S. The molecule has 0 aromatic heterocycles. The molecule has 2 rings (SSSR count). The summed E-state index contributed by atoms with van der Waals surface area (Å²) in [5, 5.41) is 0. The van der Waals surface area contributed by atoms with E-state index in [0.29, 0.717) is 22.5 Å². The van der Waals surface area contributed by atoms with Gasteiger partial charge in [0, 0.05) is 16.8 Å². The Hall–Kier alpha value is -0.790. The van der Waals surface area contributed by atoms with Crippen LogP contribution in [0.4, 0.5) is 11.4 Å². The lowest BCUT2D eigenvalue weighted by Crippen LogP contribution is -2.25. The zero-order valence-corrected chi connectivity index (χ0v) is 12.1. The predicted octanol–water partition coefficient (Wildman–Crippen LogP) is 1.95. The van der Waals surface area contributed by atoms with Crippen molar-refractivity contribution in [2.24, 2.45) is 0 Å². The van der Waals surface area contributed by atoms with Gasteiger partial charge >= 0.3 is 0 Å². The minimum absolute atomic E-state index is 0.0196. The molecule has 1 aromatic rings. The summed E-state index contributed by atoms with van der Waals surface area (Å²) in [6.07, 6.45) is 1.50. The molecule has 1 heterocycles. The molecule has 1 aromatic carbocycles. The van der Waals surface area contributed by atoms with Crippen molar-refractivity contribution in [3.63, 3.8) is 0 Å². The average Bonchev–Trinajstić information content (AvgIpc) is 2.75. The number of nitrogens with one attached hydrogen (secondary N) is 1. The quantitative estimate of drug-likeness (QED) is 0.824. The van der Waals surface area contributed by atoms with E-state index in [4.69, 9.17) is 10.5 Å². The smallest absolute Gasteiger partial charge is 0.235 e. The number of rotatable bonds is 4. The minimum atomic E-state index is -3.42. The van der Waals surface area contributed by atoms with Gasteiger partial charge in [0.15, 0.2) is 0 Å². The number of benzene rings is 1. The molecule has 0 radical (unpaired) electrons. The molecular weight excluding hydrogens is 320 g/mol. The van der Waals surface area contributed by atoms with Gasteiger partial charge in [0.1, 0.15) is 0 Å². The van der Waals surface area contributed by atoms with Crippen molar-refractivity contribution in [2.45, 2.75) is 18.9 Å². The van der Waals surface area contributed by atoms with E-state index in [-0.39, 0.29) is 11.9 Å². The standard InChI is InChI=1S/C11H15BrN2O3S/c12-10-4-3-8(13)6-11(10)14-18(15,16)7-9-2-1-5-17-9/h3-4,6,9,14H,1-2,5,7,13H2. The number of hydrogen-bond acceptors (Lipinski definition) is 4. The highest BCUT2D eigenvalue weighted by Crippen LogP contribution is 2.26. The summed E-state index contributed by atoms with van der Waals surface area (Å²) < 4.78 is 32.4. The Morgan fingerprint density at radius 1 is 1.50 bits per heavy atom. The van der Waals surface area contributed by atoms with Crippen LogP contribution in [0.25, 0.3) is 0 Å². The van der Waals surface area contributed by atoms with Crippen molar-refractivity contribution in [1.29, 1.82) is 0 Å². The Bertz CT molecular complexity index is 527. The van der Waals surface area contributed by atoms with Gasteiger partial charge in [-0.2, -0.15) is 0 Å². The van der Waals surface area contributed by atoms with E-state index in [0.717, 1.165) is 12.8 Å². The molecule has 1 aliphatic rings. The van der Waals surface area contributed by atoms with Crippen LogP contribution >= 0.6 is 15.9 Å². The first-order valence-corrected chi connectivity index (χ1v) is 8.08. The van der Waals surface area contributed by atoms with Gasteiger partial charge in [0.2, 0.25) is 10.0 Å². The summed E-state index contributed by atoms with van der Waals surface area (Å²) >= 11 is 3.28. The Morgan fingerprint density at radius 2 is 2.28 bits per heavy atom. The summed E-state index contributed by atoms with van der Waals surface area (Å²) in [7, 11) is -3.42. The fourth-order valence-electron chi connectivity index (χ4n) is 1.85. The first-order valence-electron chi connectivity index (χ1n) is 5.63. The van der Waals surface area contributed by atoms with Crippen LogP contribution in [0.3, 0.4) is 0 Å². The van der Waals surface area contributed by atoms with E-state index in [1.54, 1.807) is 18.2 Å². The third-order valence-corrected chi connectivity index (χ3v) is 4.72. The SMILES string of the molecule is Nc1ccc(Br)c(NS(=O)(=O)CC2CCCO2)c1. The van der Waals surface area contributed by atoms with Gasteiger partial charge in [-0.15, -0.1) is 0 Å². The second-order valence-corrected chi connectivity index (χ2v) is 6.88. The van der Waals surface area contributed by atoms with Gasteiger partial charge in [-0.3, -0.25) is 4.72 Å². The maximum atomic E-state index is 12.0. The minimum Gasteiger partial charge on any atom is -0.399 e. The molecule has 0 spiro atoms. The van der Waals surface area contributed by atoms with Crippen molar-refractivity contribution in [3.05, 3.63) is 22.7 Å². The fourth-order valence-corrected chi connectivity index (χ4v) is 3.67. The first kappa shape index (κ1) is 13.6. The maximum Gasteiger partial charge on any atom is 0.235 e. The Balaban J connectivity index is 2.09. The largest absolute Gasteiger partial charge is 0.399 e. The van der Waals surface area contributed by atoms with Gasteiger partial charge in [-0.25, -0.2) is 8.42 Å². The molecule has 0 bridgehead atoms. The monoisotopic (exact) mass is 334 g/mol. The third kappa shape index (κ3) is 3.60. The molecule has 1 saturated heterocycles. The summed E-state index contributed by atoms with van der Waals surface area (Å²) in [5.74, 6) is -0.0196. The molecule has 1 fully saturated rings. The van der Waals surface area contributed by atoms with Crippen molar-refractivity contribution < 1.29 is 13.2 Å². The predicted molar refractivity (Wildman–Crippen MR) is 74.9 cm³/mol. The first-order chi connectivity index (χ1) is 8.46. The molecule has 0 aliphatic carbocycles. The van der Waals surface area contributed by atoms with E-state index in [1.807, 2.05) is 0 Å². The molecule has 1 unspecified atom stereocenters. The number of sulfonamides is 1. The molecule has 7 heteroatoms. The number of nitrogen functional groups attached to an aromatic ring is 1. The molecule has 1 atom stereocenters. The molecule has 5 nitrogen and oxygen atoms in total. The van der Waals surface area contributed by atoms with E-state index in [1.165, 1.54) is 0 Å². The highest BCUT2D eigenvalue weighted by atomic mass is 79.9. The van der Waals surface area contributed by atoms with Crippen molar-refractivity contribution >= 4 is 37.3 Å². The van der Waals surface area contributed by atoms with Crippen molar-refractivity contribution in [3.8, 4) is 0 Å². The average molecular weight is 335 g/mol. The van der Waals surface area contributed by atoms with Gasteiger partial charge in [-0.1, -0.05) is 0 Å². The topological polar surface area (TPSA) is 81.4 Å². The number of halogens is 1. The van der Waals surface area contributed by atoms with E-state index in [2.05, 4.69) is 20.7 Å². The Morgan fingerprint density at radius 3 is 2.94 bits per heavy atom. The number of anilines is 2. The van der Waals surface area contributed by atoms with E-state index >= 15 is 0 Å². The number of ether oxygens (including phenoxy) is 1. The number of nitrogens with two attached hydrogens (primary N) is 1. The second kappa shape index (κ2) is 5.46. The zero-order chi connectivity index (χ0) is 13.2. The highest BCUT2D eigenvalue weighted by Gasteiger charge is 2.23. The highest BCUT2D eigenvalue weighted by molar-refractivity contribution is 9.10. The second-order valence-electron chi connectivity index (χ2n) is 4.26. The molecule has 0 saturated carbocycles. The Kier molecular flexibility index (Phi) is 4.14. The third-order valence-electron chi connectivity index (χ3n) is 2.69. The van der Waals surface area contributed by atoms with Crippen LogP contribution in [-0.4, -0.2) is 26.9 Å². The van der Waals surface area contributed by atoms with Gasteiger partial charge in [0.05, 0.1) is 17.5 Å². The lowest BCUT2D eigenvalue weighted by atomic mass is 10.3. The normalized spacial score (nSPS) is 19.9. The van der Waals surface area contributed by atoms with Crippen LogP contribution < -0.4 is 10.5 Å². The summed E-state index contributed by atoms with van der Waals surface area (Å²) in [5.41, 5.74) is 6.59. The van der Waals surface area contributed by atoms with Crippen LogP contribution in [0, 0.1) is 0 Å². The van der Waals surface area contributed by atoms with Crippen LogP contribution in [-0.2, 0) is 14.8 Å². The van der Waals surface area contributed by atoms with Crippen LogP contribution in [0.5, 0.6) is 0 Å². The van der Waals surface area contributed by atoms with Crippen molar-refractivity contribution in [2.75, 3.05) is 22.8 Å². The van der Waals surface area contributed by atoms with Crippen LogP contribution in [0.1, 0.15) is 12.8 Å². The van der Waals surface area contributed by atoms with Gasteiger partial charge in [-0.05, 0) is 47.0 Å². The van der Waals surface area contributed by atoms with Crippen LogP contribution in [0.15, 0.2) is 22.7 Å². The molecule has 0 amide bonds. The molecule has 3 N–H and O–H groups in total. The summed E-state index contributed by atoms with van der Waals surface area (Å²) in [6.45, 7) is 0.641. The Labute approximate surface area is 115 Å². The van der Waals surface area contributed by atoms with Crippen molar-refractivity contribution in [1.82, 2.24) is 0 Å².